The molecule has 2 aromatic rings. The monoisotopic (exact) mass is 356 g/mol. The smallest absolute Gasteiger partial charge is 0.337 e. The summed E-state index contributed by atoms with van der Waals surface area (Å²) >= 11 is 0. The van der Waals surface area contributed by atoms with E-state index >= 15 is 0 Å². The summed E-state index contributed by atoms with van der Waals surface area (Å²) in [6.45, 7) is 2.29. The van der Waals surface area contributed by atoms with Crippen LogP contribution in [-0.4, -0.2) is 25.0 Å². The number of amides is 1. The number of carbonyl (C=O) groups excluding carboxylic acids is 2. The number of methoxy groups -OCH3 is 1. The van der Waals surface area contributed by atoms with E-state index in [0.717, 1.165) is 12.0 Å². The van der Waals surface area contributed by atoms with Crippen LogP contribution in [0.2, 0.25) is 0 Å². The van der Waals surface area contributed by atoms with Gasteiger partial charge in [-0.15, -0.1) is 0 Å². The van der Waals surface area contributed by atoms with Crippen molar-refractivity contribution in [1.29, 1.82) is 0 Å². The van der Waals surface area contributed by atoms with Crippen LogP contribution in [0.3, 0.4) is 0 Å². The molecule has 0 aliphatic rings. The molecular formula is C20H24N2O4. The first-order valence-electron chi connectivity index (χ1n) is 8.50. The van der Waals surface area contributed by atoms with Gasteiger partial charge >= 0.3 is 5.97 Å². The third-order valence-electron chi connectivity index (χ3n) is 3.83. The summed E-state index contributed by atoms with van der Waals surface area (Å²) in [5.41, 5.74) is 7.57. The van der Waals surface area contributed by atoms with Gasteiger partial charge in [-0.1, -0.05) is 43.7 Å². The predicted molar refractivity (Wildman–Crippen MR) is 100 cm³/mol. The van der Waals surface area contributed by atoms with Crippen molar-refractivity contribution in [1.82, 2.24) is 0 Å². The van der Waals surface area contributed by atoms with Gasteiger partial charge in [0.25, 0.3) is 0 Å². The Kier molecular flexibility index (Phi) is 7.17. The Bertz CT molecular complexity index is 747. The number of hydrogen-bond acceptors (Lipinski definition) is 5. The molecule has 2 aromatic carbocycles. The highest BCUT2D eigenvalue weighted by molar-refractivity contribution is 5.98. The lowest BCUT2D eigenvalue weighted by Crippen LogP contribution is -2.35. The average molecular weight is 356 g/mol. The first kappa shape index (κ1) is 19.5. The maximum Gasteiger partial charge on any atom is 0.337 e. The molecular weight excluding hydrogens is 332 g/mol. The minimum absolute atomic E-state index is 0.318. The molecule has 6 heteroatoms. The highest BCUT2D eigenvalue weighted by atomic mass is 16.5. The third kappa shape index (κ3) is 5.32. The van der Waals surface area contributed by atoms with Gasteiger partial charge in [-0.3, -0.25) is 4.79 Å². The van der Waals surface area contributed by atoms with Gasteiger partial charge in [0.1, 0.15) is 12.4 Å². The molecule has 0 aliphatic heterocycles. The molecule has 0 saturated heterocycles. The van der Waals surface area contributed by atoms with Crippen LogP contribution in [0.15, 0.2) is 48.5 Å². The second-order valence-corrected chi connectivity index (χ2v) is 5.86. The highest BCUT2D eigenvalue weighted by Gasteiger charge is 2.17. The Hall–Kier alpha value is -2.86. The summed E-state index contributed by atoms with van der Waals surface area (Å²) in [7, 11) is 1.30. The lowest BCUT2D eigenvalue weighted by atomic mass is 10.1. The fourth-order valence-electron chi connectivity index (χ4n) is 2.40. The Morgan fingerprint density at radius 3 is 2.54 bits per heavy atom. The van der Waals surface area contributed by atoms with Gasteiger partial charge in [0, 0.05) is 0 Å². The standard InChI is InChI=1S/C20H24N2O4/c1-3-7-16(21)19(23)22-17-12-15(20(24)25-2)10-11-18(17)26-13-14-8-5-4-6-9-14/h4-6,8-12,16H,3,7,13,21H2,1-2H3,(H,22,23). The normalized spacial score (nSPS) is 11.5. The molecule has 1 unspecified atom stereocenters. The van der Waals surface area contributed by atoms with Crippen LogP contribution >= 0.6 is 0 Å². The molecule has 1 amide bonds. The summed E-state index contributed by atoms with van der Waals surface area (Å²) in [5.74, 6) is -0.357. The van der Waals surface area contributed by atoms with Gasteiger partial charge in [0.2, 0.25) is 5.91 Å². The number of esters is 1. The Balaban J connectivity index is 2.22. The van der Waals surface area contributed by atoms with E-state index < -0.39 is 12.0 Å². The van der Waals surface area contributed by atoms with E-state index in [1.807, 2.05) is 37.3 Å². The zero-order chi connectivity index (χ0) is 18.9. The molecule has 0 saturated carbocycles. The molecule has 138 valence electrons. The third-order valence-corrected chi connectivity index (χ3v) is 3.83. The lowest BCUT2D eigenvalue weighted by molar-refractivity contribution is -0.117. The Labute approximate surface area is 153 Å². The maximum atomic E-state index is 12.3. The highest BCUT2D eigenvalue weighted by Crippen LogP contribution is 2.27. The second-order valence-electron chi connectivity index (χ2n) is 5.86. The summed E-state index contributed by atoms with van der Waals surface area (Å²) < 4.78 is 10.6. The van der Waals surface area contributed by atoms with Crippen molar-refractivity contribution in [2.45, 2.75) is 32.4 Å². The van der Waals surface area contributed by atoms with Crippen LogP contribution in [-0.2, 0) is 16.1 Å². The molecule has 2 rings (SSSR count). The Morgan fingerprint density at radius 1 is 1.15 bits per heavy atom. The van der Waals surface area contributed by atoms with E-state index in [2.05, 4.69) is 5.32 Å². The number of nitrogens with two attached hydrogens (primary N) is 1. The molecule has 0 fully saturated rings. The topological polar surface area (TPSA) is 90.7 Å². The number of ether oxygens (including phenoxy) is 2. The fourth-order valence-corrected chi connectivity index (χ4v) is 2.40. The number of anilines is 1. The maximum absolute atomic E-state index is 12.3. The van der Waals surface area contributed by atoms with Gasteiger partial charge < -0.3 is 20.5 Å². The van der Waals surface area contributed by atoms with Crippen LogP contribution in [0.25, 0.3) is 0 Å². The van der Waals surface area contributed by atoms with Gasteiger partial charge in [-0.25, -0.2) is 4.79 Å². The minimum Gasteiger partial charge on any atom is -0.487 e. The van der Waals surface area contributed by atoms with E-state index in [-0.39, 0.29) is 5.91 Å². The second kappa shape index (κ2) is 9.58. The van der Waals surface area contributed by atoms with Gasteiger partial charge in [0.15, 0.2) is 0 Å². The molecule has 0 bridgehead atoms. The summed E-state index contributed by atoms with van der Waals surface area (Å²) in [6, 6.07) is 13.8. The SMILES string of the molecule is CCCC(N)C(=O)Nc1cc(C(=O)OC)ccc1OCc1ccccc1. The fraction of sp³-hybridized carbons (Fsp3) is 0.300. The van der Waals surface area contributed by atoms with Crippen molar-refractivity contribution in [3.8, 4) is 5.75 Å². The first-order valence-corrected chi connectivity index (χ1v) is 8.50. The van der Waals surface area contributed by atoms with Crippen LogP contribution in [0.5, 0.6) is 5.75 Å². The Morgan fingerprint density at radius 2 is 1.88 bits per heavy atom. The van der Waals surface area contributed by atoms with Gasteiger partial charge in [0.05, 0.1) is 24.4 Å². The van der Waals surface area contributed by atoms with Crippen molar-refractivity contribution < 1.29 is 19.1 Å². The minimum atomic E-state index is -0.622. The molecule has 1 atom stereocenters. The molecule has 3 N–H and O–H groups in total. The summed E-state index contributed by atoms with van der Waals surface area (Å²) in [4.78, 5) is 24.0. The van der Waals surface area contributed by atoms with E-state index in [1.54, 1.807) is 12.1 Å². The molecule has 0 aliphatic carbocycles. The van der Waals surface area contributed by atoms with Crippen LogP contribution in [0.1, 0.15) is 35.7 Å². The van der Waals surface area contributed by atoms with E-state index in [4.69, 9.17) is 15.2 Å². The van der Waals surface area contributed by atoms with Crippen LogP contribution in [0, 0.1) is 0 Å². The van der Waals surface area contributed by atoms with E-state index in [0.29, 0.717) is 30.0 Å². The zero-order valence-electron chi connectivity index (χ0n) is 15.0. The van der Waals surface area contributed by atoms with Crippen LogP contribution < -0.4 is 15.8 Å². The number of rotatable bonds is 8. The zero-order valence-corrected chi connectivity index (χ0v) is 15.0. The summed E-state index contributed by atoms with van der Waals surface area (Å²) in [6.07, 6.45) is 1.37. The first-order chi connectivity index (χ1) is 12.5. The number of hydrogen-bond donors (Lipinski definition) is 2. The van der Waals surface area contributed by atoms with Crippen molar-refractivity contribution in [3.05, 3.63) is 59.7 Å². The molecule has 6 nitrogen and oxygen atoms in total. The molecule has 0 spiro atoms. The largest absolute Gasteiger partial charge is 0.487 e. The van der Waals surface area contributed by atoms with Gasteiger partial charge in [-0.05, 0) is 30.2 Å². The summed E-state index contributed by atoms with van der Waals surface area (Å²) in [5, 5.41) is 2.75. The van der Waals surface area contributed by atoms with Crippen molar-refractivity contribution in [3.63, 3.8) is 0 Å². The van der Waals surface area contributed by atoms with Crippen molar-refractivity contribution in [2.24, 2.45) is 5.73 Å². The van der Waals surface area contributed by atoms with E-state index in [1.165, 1.54) is 13.2 Å². The van der Waals surface area contributed by atoms with Crippen molar-refractivity contribution in [2.75, 3.05) is 12.4 Å². The van der Waals surface area contributed by atoms with E-state index in [9.17, 15) is 9.59 Å². The molecule has 0 aromatic heterocycles. The number of benzene rings is 2. The van der Waals surface area contributed by atoms with Crippen LogP contribution in [0.4, 0.5) is 5.69 Å². The lowest BCUT2D eigenvalue weighted by Gasteiger charge is -2.16. The predicted octanol–water partition coefficient (Wildman–Crippen LogP) is 3.12. The average Bonchev–Trinajstić information content (AvgIpc) is 2.67. The molecule has 26 heavy (non-hydrogen) atoms. The van der Waals surface area contributed by atoms with Crippen molar-refractivity contribution >= 4 is 17.6 Å². The number of nitrogens with one attached hydrogen (secondary N) is 1. The molecule has 0 heterocycles. The quantitative estimate of drug-likeness (QED) is 0.709. The number of carbonyl (C=O) groups is 2. The molecule has 0 radical (unpaired) electrons. The van der Waals surface area contributed by atoms with Gasteiger partial charge in [-0.2, -0.15) is 0 Å².